The Morgan fingerprint density at radius 1 is 1.27 bits per heavy atom. The van der Waals surface area contributed by atoms with Gasteiger partial charge in [0, 0.05) is 12.6 Å². The fraction of sp³-hybridized carbons (Fsp3) is 1.00. The van der Waals surface area contributed by atoms with Crippen molar-refractivity contribution in [3.8, 4) is 0 Å². The quantitative estimate of drug-likeness (QED) is 0.790. The molecule has 1 N–H and O–H groups in total. The minimum Gasteiger partial charge on any atom is -0.315 e. The second kappa shape index (κ2) is 6.12. The SMILES string of the molecule is CN1CCCCC1CNCC1CCSC1. The van der Waals surface area contributed by atoms with Crippen molar-refractivity contribution < 1.29 is 0 Å². The van der Waals surface area contributed by atoms with Crippen molar-refractivity contribution in [3.05, 3.63) is 0 Å². The summed E-state index contributed by atoms with van der Waals surface area (Å²) in [5.74, 6) is 3.72. The molecule has 0 radical (unpaired) electrons. The second-order valence-electron chi connectivity index (χ2n) is 5.02. The van der Waals surface area contributed by atoms with E-state index in [0.29, 0.717) is 0 Å². The molecule has 0 aromatic carbocycles. The van der Waals surface area contributed by atoms with E-state index < -0.39 is 0 Å². The molecule has 0 amide bonds. The number of nitrogens with zero attached hydrogens (tertiary/aromatic N) is 1. The summed E-state index contributed by atoms with van der Waals surface area (Å²) in [5, 5.41) is 3.67. The first-order valence-electron chi connectivity index (χ1n) is 6.35. The van der Waals surface area contributed by atoms with E-state index in [2.05, 4.69) is 29.0 Å². The maximum absolute atomic E-state index is 3.67. The van der Waals surface area contributed by atoms with Gasteiger partial charge in [-0.15, -0.1) is 0 Å². The summed E-state index contributed by atoms with van der Waals surface area (Å²) in [4.78, 5) is 2.53. The molecule has 0 aromatic heterocycles. The number of rotatable bonds is 4. The molecule has 2 fully saturated rings. The first kappa shape index (κ1) is 11.7. The predicted molar refractivity (Wildman–Crippen MR) is 68.6 cm³/mol. The first-order valence-corrected chi connectivity index (χ1v) is 7.50. The summed E-state index contributed by atoms with van der Waals surface area (Å²) in [5.41, 5.74) is 0. The maximum atomic E-state index is 3.67. The highest BCUT2D eigenvalue weighted by Gasteiger charge is 2.19. The van der Waals surface area contributed by atoms with E-state index in [4.69, 9.17) is 0 Å². The zero-order valence-electron chi connectivity index (χ0n) is 9.87. The molecular formula is C12H24N2S. The largest absolute Gasteiger partial charge is 0.315 e. The van der Waals surface area contributed by atoms with Gasteiger partial charge in [-0.3, -0.25) is 0 Å². The summed E-state index contributed by atoms with van der Waals surface area (Å²) in [6.07, 6.45) is 5.64. The fourth-order valence-electron chi connectivity index (χ4n) is 2.60. The Labute approximate surface area is 98.2 Å². The van der Waals surface area contributed by atoms with E-state index >= 15 is 0 Å². The van der Waals surface area contributed by atoms with Crippen molar-refractivity contribution in [3.63, 3.8) is 0 Å². The normalized spacial score (nSPS) is 33.4. The molecule has 0 saturated carbocycles. The van der Waals surface area contributed by atoms with Gasteiger partial charge in [0.25, 0.3) is 0 Å². The molecule has 2 rings (SSSR count). The molecule has 2 aliphatic heterocycles. The zero-order chi connectivity index (χ0) is 10.5. The summed E-state index contributed by atoms with van der Waals surface area (Å²) < 4.78 is 0. The monoisotopic (exact) mass is 228 g/mol. The second-order valence-corrected chi connectivity index (χ2v) is 6.17. The van der Waals surface area contributed by atoms with Gasteiger partial charge in [0.2, 0.25) is 0 Å². The van der Waals surface area contributed by atoms with E-state index in [1.54, 1.807) is 0 Å². The lowest BCUT2D eigenvalue weighted by molar-refractivity contribution is 0.180. The Bertz CT molecular complexity index is 180. The van der Waals surface area contributed by atoms with Crippen LogP contribution in [0.15, 0.2) is 0 Å². The average molecular weight is 228 g/mol. The van der Waals surface area contributed by atoms with Gasteiger partial charge < -0.3 is 10.2 Å². The predicted octanol–water partition coefficient (Wildman–Crippen LogP) is 1.81. The van der Waals surface area contributed by atoms with Gasteiger partial charge in [0.15, 0.2) is 0 Å². The molecule has 2 aliphatic rings. The van der Waals surface area contributed by atoms with Crippen molar-refractivity contribution in [2.24, 2.45) is 5.92 Å². The number of likely N-dealkylation sites (N-methyl/N-ethyl adjacent to an activating group) is 1. The summed E-state index contributed by atoms with van der Waals surface area (Å²) in [7, 11) is 2.27. The van der Waals surface area contributed by atoms with Gasteiger partial charge >= 0.3 is 0 Å². The number of likely N-dealkylation sites (tertiary alicyclic amines) is 1. The maximum Gasteiger partial charge on any atom is 0.0217 e. The van der Waals surface area contributed by atoms with Crippen LogP contribution < -0.4 is 5.32 Å². The highest BCUT2D eigenvalue weighted by molar-refractivity contribution is 7.99. The summed E-state index contributed by atoms with van der Waals surface area (Å²) in [6, 6.07) is 0.799. The Kier molecular flexibility index (Phi) is 4.79. The van der Waals surface area contributed by atoms with E-state index in [-0.39, 0.29) is 0 Å². The van der Waals surface area contributed by atoms with Crippen LogP contribution in [-0.4, -0.2) is 49.1 Å². The summed E-state index contributed by atoms with van der Waals surface area (Å²) >= 11 is 2.12. The Balaban J connectivity index is 1.59. The van der Waals surface area contributed by atoms with Gasteiger partial charge in [-0.1, -0.05) is 6.42 Å². The fourth-order valence-corrected chi connectivity index (χ4v) is 3.88. The third kappa shape index (κ3) is 3.65. The topological polar surface area (TPSA) is 15.3 Å². The standard InChI is InChI=1S/C12H24N2S/c1-14-6-3-2-4-12(14)9-13-8-11-5-7-15-10-11/h11-13H,2-10H2,1H3. The molecule has 2 heterocycles. The summed E-state index contributed by atoms with van der Waals surface area (Å²) in [6.45, 7) is 3.75. The molecule has 2 atom stereocenters. The van der Waals surface area contributed by atoms with Crippen LogP contribution in [0.2, 0.25) is 0 Å². The van der Waals surface area contributed by atoms with Crippen LogP contribution in [0.1, 0.15) is 25.7 Å². The number of hydrogen-bond donors (Lipinski definition) is 1. The Morgan fingerprint density at radius 2 is 2.20 bits per heavy atom. The molecule has 2 nitrogen and oxygen atoms in total. The van der Waals surface area contributed by atoms with Crippen LogP contribution >= 0.6 is 11.8 Å². The molecule has 0 aliphatic carbocycles. The minimum absolute atomic E-state index is 0.799. The lowest BCUT2D eigenvalue weighted by Gasteiger charge is -2.32. The lowest BCUT2D eigenvalue weighted by Crippen LogP contribution is -2.44. The van der Waals surface area contributed by atoms with Gasteiger partial charge in [-0.2, -0.15) is 11.8 Å². The number of piperidine rings is 1. The van der Waals surface area contributed by atoms with E-state index in [1.165, 1.54) is 56.8 Å². The Morgan fingerprint density at radius 3 is 2.93 bits per heavy atom. The number of hydrogen-bond acceptors (Lipinski definition) is 3. The number of thioether (sulfide) groups is 1. The molecular weight excluding hydrogens is 204 g/mol. The van der Waals surface area contributed by atoms with Crippen molar-refractivity contribution in [1.82, 2.24) is 10.2 Å². The van der Waals surface area contributed by atoms with Crippen LogP contribution in [0.3, 0.4) is 0 Å². The molecule has 88 valence electrons. The van der Waals surface area contributed by atoms with Gasteiger partial charge in [-0.05, 0) is 56.8 Å². The van der Waals surface area contributed by atoms with Crippen LogP contribution in [0, 0.1) is 5.92 Å². The van der Waals surface area contributed by atoms with Gasteiger partial charge in [-0.25, -0.2) is 0 Å². The van der Waals surface area contributed by atoms with Crippen LogP contribution in [0.4, 0.5) is 0 Å². The lowest BCUT2D eigenvalue weighted by atomic mass is 10.0. The molecule has 15 heavy (non-hydrogen) atoms. The first-order chi connectivity index (χ1) is 7.36. The van der Waals surface area contributed by atoms with Crippen LogP contribution in [0.5, 0.6) is 0 Å². The average Bonchev–Trinajstić information content (AvgIpc) is 2.74. The van der Waals surface area contributed by atoms with E-state index in [9.17, 15) is 0 Å². The molecule has 3 heteroatoms. The van der Waals surface area contributed by atoms with E-state index in [1.807, 2.05) is 0 Å². The number of nitrogens with one attached hydrogen (secondary N) is 1. The zero-order valence-corrected chi connectivity index (χ0v) is 10.7. The van der Waals surface area contributed by atoms with E-state index in [0.717, 1.165) is 12.0 Å². The molecule has 0 spiro atoms. The molecule has 2 saturated heterocycles. The van der Waals surface area contributed by atoms with Crippen LogP contribution in [-0.2, 0) is 0 Å². The van der Waals surface area contributed by atoms with Crippen LogP contribution in [0.25, 0.3) is 0 Å². The molecule has 0 aromatic rings. The molecule has 0 bridgehead atoms. The van der Waals surface area contributed by atoms with Crippen molar-refractivity contribution in [1.29, 1.82) is 0 Å². The Hall–Kier alpha value is 0.270. The third-order valence-corrected chi connectivity index (χ3v) is 4.99. The van der Waals surface area contributed by atoms with Gasteiger partial charge in [0.1, 0.15) is 0 Å². The highest BCUT2D eigenvalue weighted by atomic mass is 32.2. The highest BCUT2D eigenvalue weighted by Crippen LogP contribution is 2.22. The van der Waals surface area contributed by atoms with Gasteiger partial charge in [0.05, 0.1) is 0 Å². The minimum atomic E-state index is 0.799. The van der Waals surface area contributed by atoms with Crippen molar-refractivity contribution >= 4 is 11.8 Å². The van der Waals surface area contributed by atoms with Crippen molar-refractivity contribution in [2.45, 2.75) is 31.7 Å². The molecule has 2 unspecified atom stereocenters. The third-order valence-electron chi connectivity index (χ3n) is 3.76. The smallest absolute Gasteiger partial charge is 0.0217 e. The van der Waals surface area contributed by atoms with Crippen molar-refractivity contribution in [2.75, 3.05) is 38.2 Å².